The lowest BCUT2D eigenvalue weighted by atomic mass is 10.0. The topological polar surface area (TPSA) is 67.8 Å². The number of ether oxygens (including phenoxy) is 1. The van der Waals surface area contributed by atoms with E-state index >= 15 is 0 Å². The number of esters is 1. The third kappa shape index (κ3) is 5.03. The summed E-state index contributed by atoms with van der Waals surface area (Å²) in [7, 11) is 0. The average molecular weight is 481 g/mol. The van der Waals surface area contributed by atoms with Crippen LogP contribution in [0.25, 0.3) is 10.8 Å². The highest BCUT2D eigenvalue weighted by molar-refractivity contribution is 6.36. The Balaban J connectivity index is 1.65. The lowest BCUT2D eigenvalue weighted by Crippen LogP contribution is -2.19. The minimum Gasteiger partial charge on any atom is -0.422 e. The number of hydrogen-bond donors (Lipinski definition) is 1. The van der Waals surface area contributed by atoms with Crippen molar-refractivity contribution in [2.24, 2.45) is 5.10 Å². The zero-order valence-corrected chi connectivity index (χ0v) is 18.4. The predicted molar refractivity (Wildman–Crippen MR) is 127 cm³/mol. The molecule has 0 radical (unpaired) electrons. The third-order valence-electron chi connectivity index (χ3n) is 4.76. The number of fused-ring (bicyclic) bond motifs is 1. The van der Waals surface area contributed by atoms with Gasteiger partial charge in [0, 0.05) is 10.6 Å². The van der Waals surface area contributed by atoms with Crippen LogP contribution >= 0.6 is 23.2 Å². The highest BCUT2D eigenvalue weighted by Gasteiger charge is 2.17. The minimum absolute atomic E-state index is 0.142. The molecule has 0 bridgehead atoms. The molecule has 0 aliphatic rings. The molecule has 4 rings (SSSR count). The summed E-state index contributed by atoms with van der Waals surface area (Å²) in [5, 5.41) is 6.09. The normalized spacial score (nSPS) is 11.0. The molecule has 33 heavy (non-hydrogen) atoms. The van der Waals surface area contributed by atoms with Crippen LogP contribution in [0.2, 0.25) is 10.0 Å². The smallest absolute Gasteiger partial charge is 0.345 e. The molecule has 0 saturated carbocycles. The van der Waals surface area contributed by atoms with Crippen molar-refractivity contribution in [3.63, 3.8) is 0 Å². The van der Waals surface area contributed by atoms with Gasteiger partial charge < -0.3 is 4.74 Å². The second-order valence-electron chi connectivity index (χ2n) is 6.89. The summed E-state index contributed by atoms with van der Waals surface area (Å²) in [6.07, 6.45) is 1.34. The molecule has 0 aliphatic carbocycles. The van der Waals surface area contributed by atoms with Gasteiger partial charge in [0.05, 0.1) is 22.4 Å². The van der Waals surface area contributed by atoms with Crippen molar-refractivity contribution in [3.05, 3.63) is 111 Å². The van der Waals surface area contributed by atoms with Crippen molar-refractivity contribution in [2.75, 3.05) is 0 Å². The molecule has 0 heterocycles. The minimum atomic E-state index is -0.712. The van der Waals surface area contributed by atoms with Crippen molar-refractivity contribution in [3.8, 4) is 5.75 Å². The van der Waals surface area contributed by atoms with Crippen molar-refractivity contribution in [1.29, 1.82) is 0 Å². The number of benzene rings is 4. The van der Waals surface area contributed by atoms with E-state index < -0.39 is 17.7 Å². The van der Waals surface area contributed by atoms with Gasteiger partial charge in [-0.2, -0.15) is 5.10 Å². The van der Waals surface area contributed by atoms with Gasteiger partial charge in [-0.05, 0) is 47.2 Å². The number of carbonyl (C=O) groups excluding carboxylic acids is 2. The van der Waals surface area contributed by atoms with Crippen molar-refractivity contribution < 1.29 is 18.7 Å². The van der Waals surface area contributed by atoms with E-state index in [0.717, 1.165) is 10.8 Å². The van der Waals surface area contributed by atoms with Gasteiger partial charge in [-0.3, -0.25) is 4.79 Å². The van der Waals surface area contributed by atoms with Gasteiger partial charge in [-0.15, -0.1) is 0 Å². The Kier molecular flexibility index (Phi) is 6.68. The molecule has 0 fully saturated rings. The maximum absolute atomic E-state index is 13.8. The van der Waals surface area contributed by atoms with Crippen molar-refractivity contribution in [1.82, 2.24) is 5.43 Å². The summed E-state index contributed by atoms with van der Waals surface area (Å²) < 4.78 is 19.4. The van der Waals surface area contributed by atoms with Gasteiger partial charge in [0.15, 0.2) is 0 Å². The summed E-state index contributed by atoms with van der Waals surface area (Å²) in [5.41, 5.74) is 2.74. The maximum atomic E-state index is 13.8. The molecular weight excluding hydrogens is 466 g/mol. The van der Waals surface area contributed by atoms with Crippen LogP contribution in [0.4, 0.5) is 4.39 Å². The first-order chi connectivity index (χ1) is 15.9. The van der Waals surface area contributed by atoms with Crippen molar-refractivity contribution in [2.45, 2.75) is 0 Å². The van der Waals surface area contributed by atoms with Crippen LogP contribution in [0.1, 0.15) is 26.3 Å². The first-order valence-corrected chi connectivity index (χ1v) is 10.5. The molecule has 4 aromatic rings. The number of hydrogen-bond acceptors (Lipinski definition) is 4. The van der Waals surface area contributed by atoms with E-state index in [4.69, 9.17) is 27.9 Å². The van der Waals surface area contributed by atoms with Crippen LogP contribution in [0.15, 0.2) is 84.0 Å². The predicted octanol–water partition coefficient (Wildman–Crippen LogP) is 6.27. The van der Waals surface area contributed by atoms with Crippen LogP contribution in [0.3, 0.4) is 0 Å². The van der Waals surface area contributed by atoms with Gasteiger partial charge in [0.25, 0.3) is 5.91 Å². The first kappa shape index (κ1) is 22.5. The van der Waals surface area contributed by atoms with E-state index in [2.05, 4.69) is 10.5 Å². The van der Waals surface area contributed by atoms with Crippen LogP contribution in [0.5, 0.6) is 5.75 Å². The maximum Gasteiger partial charge on any atom is 0.345 e. The highest BCUT2D eigenvalue weighted by atomic mass is 35.5. The number of nitrogens with zero attached hydrogens (tertiary/aromatic N) is 1. The van der Waals surface area contributed by atoms with E-state index in [1.165, 1.54) is 42.6 Å². The lowest BCUT2D eigenvalue weighted by Gasteiger charge is -2.11. The summed E-state index contributed by atoms with van der Waals surface area (Å²) in [4.78, 5) is 25.0. The number of halogens is 3. The second kappa shape index (κ2) is 9.81. The van der Waals surface area contributed by atoms with Crippen LogP contribution < -0.4 is 10.2 Å². The fraction of sp³-hybridized carbons (Fsp3) is 0. The highest BCUT2D eigenvalue weighted by Crippen LogP contribution is 2.29. The lowest BCUT2D eigenvalue weighted by molar-refractivity contribution is 0.0734. The second-order valence-corrected chi connectivity index (χ2v) is 7.73. The molecule has 0 saturated heterocycles. The Morgan fingerprint density at radius 1 is 0.909 bits per heavy atom. The summed E-state index contributed by atoms with van der Waals surface area (Å²) in [6, 6.07) is 20.8. The zero-order valence-electron chi connectivity index (χ0n) is 16.9. The van der Waals surface area contributed by atoms with Crippen LogP contribution in [0, 0.1) is 5.82 Å². The van der Waals surface area contributed by atoms with E-state index in [1.807, 2.05) is 24.3 Å². The molecule has 0 spiro atoms. The standard InChI is InChI=1S/C25H15Cl2FN2O3/c26-16-10-11-18(21(27)13-16)25(32)33-23-12-9-15-5-1-2-6-17(15)20(23)14-29-30-24(31)19-7-3-4-8-22(19)28/h1-14H,(H,30,31)/b29-14+. The van der Waals surface area contributed by atoms with E-state index in [-0.39, 0.29) is 21.9 Å². The Bertz CT molecular complexity index is 1410. The Hall–Kier alpha value is -3.74. The third-order valence-corrected chi connectivity index (χ3v) is 5.31. The van der Waals surface area contributed by atoms with Gasteiger partial charge >= 0.3 is 5.97 Å². The quantitative estimate of drug-likeness (QED) is 0.158. The van der Waals surface area contributed by atoms with Gasteiger partial charge in [-0.25, -0.2) is 14.6 Å². The largest absolute Gasteiger partial charge is 0.422 e. The molecule has 4 aromatic carbocycles. The number of carbonyl (C=O) groups is 2. The molecule has 8 heteroatoms. The van der Waals surface area contributed by atoms with Crippen LogP contribution in [-0.4, -0.2) is 18.1 Å². The summed E-state index contributed by atoms with van der Waals surface area (Å²) in [6.45, 7) is 0. The van der Waals surface area contributed by atoms with Crippen molar-refractivity contribution >= 4 is 52.1 Å². The molecule has 0 aromatic heterocycles. The van der Waals surface area contributed by atoms with Gasteiger partial charge in [0.1, 0.15) is 11.6 Å². The SMILES string of the molecule is O=C(N/N=C/c1c(OC(=O)c2ccc(Cl)cc2Cl)ccc2ccccc12)c1ccccc1F. The Morgan fingerprint density at radius 3 is 2.45 bits per heavy atom. The zero-order chi connectivity index (χ0) is 23.4. The first-order valence-electron chi connectivity index (χ1n) is 9.71. The fourth-order valence-corrected chi connectivity index (χ4v) is 3.65. The van der Waals surface area contributed by atoms with Crippen LogP contribution in [-0.2, 0) is 0 Å². The van der Waals surface area contributed by atoms with Gasteiger partial charge in [0.2, 0.25) is 0 Å². The molecule has 5 nitrogen and oxygen atoms in total. The number of hydrazone groups is 1. The molecule has 0 aliphatic heterocycles. The molecule has 164 valence electrons. The monoisotopic (exact) mass is 480 g/mol. The number of rotatable bonds is 5. The number of nitrogens with one attached hydrogen (secondary N) is 1. The summed E-state index contributed by atoms with van der Waals surface area (Å²) >= 11 is 12.0. The summed E-state index contributed by atoms with van der Waals surface area (Å²) in [5.74, 6) is -1.86. The molecular formula is C25H15Cl2FN2O3. The van der Waals surface area contributed by atoms with E-state index in [0.29, 0.717) is 10.6 Å². The van der Waals surface area contributed by atoms with E-state index in [9.17, 15) is 14.0 Å². The molecule has 0 atom stereocenters. The Morgan fingerprint density at radius 2 is 1.67 bits per heavy atom. The fourth-order valence-electron chi connectivity index (χ4n) is 3.17. The molecule has 1 N–H and O–H groups in total. The molecule has 0 unspecified atom stereocenters. The molecule has 1 amide bonds. The van der Waals surface area contributed by atoms with E-state index in [1.54, 1.807) is 18.2 Å². The number of amides is 1. The van der Waals surface area contributed by atoms with Gasteiger partial charge in [-0.1, -0.05) is 65.7 Å². The Labute approximate surface area is 198 Å². The average Bonchev–Trinajstić information content (AvgIpc) is 2.80.